The zero-order valence-corrected chi connectivity index (χ0v) is 12.4. The molecule has 1 aromatic carbocycles. The molecule has 0 radical (unpaired) electrons. The maximum atomic E-state index is 12.4. The minimum atomic E-state index is 0.102. The summed E-state index contributed by atoms with van der Waals surface area (Å²) >= 11 is 0. The normalized spacial score (nSPS) is 18.9. The topological polar surface area (TPSA) is 32.8 Å². The molecule has 4 nitrogen and oxygen atoms in total. The third kappa shape index (κ3) is 3.73. The summed E-state index contributed by atoms with van der Waals surface area (Å²) in [6.45, 7) is 7.56. The summed E-state index contributed by atoms with van der Waals surface area (Å²) < 4.78 is 5.80. The number of carbonyl (C=O) groups is 1. The standard InChI is InChI=1S/C16H24N2O2/c1-3-17(4-2)16(19)18-10-11-20-15(13-18)12-14-8-6-5-7-9-14/h5-9,15H,3-4,10-13H2,1-2H3. The minimum Gasteiger partial charge on any atom is -0.374 e. The molecule has 1 fully saturated rings. The number of hydrogen-bond donors (Lipinski definition) is 0. The van der Waals surface area contributed by atoms with Gasteiger partial charge in [-0.1, -0.05) is 30.3 Å². The molecule has 2 amide bonds. The van der Waals surface area contributed by atoms with Crippen molar-refractivity contribution in [1.29, 1.82) is 0 Å². The van der Waals surface area contributed by atoms with Crippen LogP contribution in [0.15, 0.2) is 30.3 Å². The second-order valence-corrected chi connectivity index (χ2v) is 5.08. The molecule has 0 spiro atoms. The lowest BCUT2D eigenvalue weighted by molar-refractivity contribution is -0.0180. The molecular formula is C16H24N2O2. The van der Waals surface area contributed by atoms with Crippen LogP contribution in [0.2, 0.25) is 0 Å². The van der Waals surface area contributed by atoms with Crippen LogP contribution in [0, 0.1) is 0 Å². The highest BCUT2D eigenvalue weighted by Gasteiger charge is 2.26. The Labute approximate surface area is 121 Å². The van der Waals surface area contributed by atoms with E-state index in [0.29, 0.717) is 19.7 Å². The van der Waals surface area contributed by atoms with Gasteiger partial charge in [0.25, 0.3) is 0 Å². The summed E-state index contributed by atoms with van der Waals surface area (Å²) in [6.07, 6.45) is 0.966. The van der Waals surface area contributed by atoms with E-state index in [9.17, 15) is 4.79 Å². The van der Waals surface area contributed by atoms with Crippen LogP contribution < -0.4 is 0 Å². The summed E-state index contributed by atoms with van der Waals surface area (Å²) in [5, 5.41) is 0. The van der Waals surface area contributed by atoms with Crippen molar-refractivity contribution in [3.63, 3.8) is 0 Å². The van der Waals surface area contributed by atoms with Crippen molar-refractivity contribution in [2.45, 2.75) is 26.4 Å². The molecule has 0 N–H and O–H groups in total. The first-order valence-corrected chi connectivity index (χ1v) is 7.44. The fourth-order valence-corrected chi connectivity index (χ4v) is 2.59. The van der Waals surface area contributed by atoms with Crippen molar-refractivity contribution in [3.05, 3.63) is 35.9 Å². The Morgan fingerprint density at radius 2 is 2.00 bits per heavy atom. The maximum absolute atomic E-state index is 12.4. The van der Waals surface area contributed by atoms with Crippen LogP contribution in [0.4, 0.5) is 4.79 Å². The van der Waals surface area contributed by atoms with E-state index in [2.05, 4.69) is 12.1 Å². The molecule has 2 rings (SSSR count). The molecule has 20 heavy (non-hydrogen) atoms. The molecule has 0 aromatic heterocycles. The smallest absolute Gasteiger partial charge is 0.320 e. The Morgan fingerprint density at radius 1 is 1.30 bits per heavy atom. The SMILES string of the molecule is CCN(CC)C(=O)N1CCOC(Cc2ccccc2)C1. The van der Waals surface area contributed by atoms with Crippen molar-refractivity contribution < 1.29 is 9.53 Å². The Kier molecular flexibility index (Phi) is 5.41. The monoisotopic (exact) mass is 276 g/mol. The fraction of sp³-hybridized carbons (Fsp3) is 0.562. The lowest BCUT2D eigenvalue weighted by Crippen LogP contribution is -2.51. The summed E-state index contributed by atoms with van der Waals surface area (Å²) in [4.78, 5) is 16.1. The average molecular weight is 276 g/mol. The predicted molar refractivity (Wildman–Crippen MR) is 79.8 cm³/mol. The number of amides is 2. The molecule has 1 aromatic rings. The largest absolute Gasteiger partial charge is 0.374 e. The van der Waals surface area contributed by atoms with Crippen molar-refractivity contribution in [2.75, 3.05) is 32.8 Å². The van der Waals surface area contributed by atoms with Gasteiger partial charge in [-0.2, -0.15) is 0 Å². The van der Waals surface area contributed by atoms with Gasteiger partial charge in [0.05, 0.1) is 12.7 Å². The average Bonchev–Trinajstić information content (AvgIpc) is 2.49. The van der Waals surface area contributed by atoms with Gasteiger partial charge < -0.3 is 14.5 Å². The first-order chi connectivity index (χ1) is 9.74. The Hall–Kier alpha value is -1.55. The zero-order chi connectivity index (χ0) is 14.4. The van der Waals surface area contributed by atoms with Gasteiger partial charge in [0.1, 0.15) is 0 Å². The lowest BCUT2D eigenvalue weighted by Gasteiger charge is -2.36. The van der Waals surface area contributed by atoms with Crippen LogP contribution in [0.1, 0.15) is 19.4 Å². The number of rotatable bonds is 4. The van der Waals surface area contributed by atoms with Crippen molar-refractivity contribution >= 4 is 6.03 Å². The number of benzene rings is 1. The quantitative estimate of drug-likeness (QED) is 0.846. The Morgan fingerprint density at radius 3 is 2.65 bits per heavy atom. The van der Waals surface area contributed by atoms with Crippen LogP contribution >= 0.6 is 0 Å². The molecular weight excluding hydrogens is 252 g/mol. The molecule has 1 atom stereocenters. The van der Waals surface area contributed by atoms with Crippen molar-refractivity contribution in [3.8, 4) is 0 Å². The molecule has 110 valence electrons. The first kappa shape index (κ1) is 14.9. The van der Waals surface area contributed by atoms with Crippen LogP contribution in [0.3, 0.4) is 0 Å². The van der Waals surface area contributed by atoms with Gasteiger partial charge in [0.15, 0.2) is 0 Å². The predicted octanol–water partition coefficient (Wildman–Crippen LogP) is 2.39. The van der Waals surface area contributed by atoms with Gasteiger partial charge in [0.2, 0.25) is 0 Å². The molecule has 1 aliphatic rings. The molecule has 4 heteroatoms. The van der Waals surface area contributed by atoms with E-state index in [0.717, 1.165) is 19.5 Å². The van der Waals surface area contributed by atoms with Crippen LogP contribution in [0.5, 0.6) is 0 Å². The zero-order valence-electron chi connectivity index (χ0n) is 12.4. The second-order valence-electron chi connectivity index (χ2n) is 5.08. The van der Waals surface area contributed by atoms with Gasteiger partial charge in [0, 0.05) is 32.6 Å². The molecule has 1 unspecified atom stereocenters. The van der Waals surface area contributed by atoms with Gasteiger partial charge in [-0.3, -0.25) is 0 Å². The number of carbonyl (C=O) groups excluding carboxylic acids is 1. The molecule has 0 bridgehead atoms. The van der Waals surface area contributed by atoms with Crippen LogP contribution in [-0.2, 0) is 11.2 Å². The molecule has 0 saturated carbocycles. The van der Waals surface area contributed by atoms with E-state index in [1.165, 1.54) is 5.56 Å². The van der Waals surface area contributed by atoms with Crippen LogP contribution in [0.25, 0.3) is 0 Å². The van der Waals surface area contributed by atoms with E-state index in [1.54, 1.807) is 0 Å². The summed E-state index contributed by atoms with van der Waals surface area (Å²) in [6, 6.07) is 10.4. The summed E-state index contributed by atoms with van der Waals surface area (Å²) in [5.41, 5.74) is 1.26. The van der Waals surface area contributed by atoms with Gasteiger partial charge in [-0.15, -0.1) is 0 Å². The van der Waals surface area contributed by atoms with E-state index >= 15 is 0 Å². The number of morpholine rings is 1. The highest BCUT2D eigenvalue weighted by Crippen LogP contribution is 2.13. The highest BCUT2D eigenvalue weighted by atomic mass is 16.5. The lowest BCUT2D eigenvalue weighted by atomic mass is 10.1. The fourth-order valence-electron chi connectivity index (χ4n) is 2.59. The number of ether oxygens (including phenoxy) is 1. The highest BCUT2D eigenvalue weighted by molar-refractivity contribution is 5.74. The van der Waals surface area contributed by atoms with Gasteiger partial charge in [-0.25, -0.2) is 4.79 Å². The van der Waals surface area contributed by atoms with E-state index in [4.69, 9.17) is 4.74 Å². The van der Waals surface area contributed by atoms with Crippen molar-refractivity contribution in [2.24, 2.45) is 0 Å². The Balaban J connectivity index is 1.93. The number of nitrogens with zero attached hydrogens (tertiary/aromatic N) is 2. The molecule has 1 saturated heterocycles. The van der Waals surface area contributed by atoms with Gasteiger partial charge in [-0.05, 0) is 19.4 Å². The second kappa shape index (κ2) is 7.29. The minimum absolute atomic E-state index is 0.102. The Bertz CT molecular complexity index is 418. The maximum Gasteiger partial charge on any atom is 0.320 e. The van der Waals surface area contributed by atoms with E-state index in [-0.39, 0.29) is 12.1 Å². The van der Waals surface area contributed by atoms with Gasteiger partial charge >= 0.3 is 6.03 Å². The third-order valence-corrected chi connectivity index (χ3v) is 3.75. The van der Waals surface area contributed by atoms with Crippen molar-refractivity contribution in [1.82, 2.24) is 9.80 Å². The first-order valence-electron chi connectivity index (χ1n) is 7.44. The molecule has 0 aliphatic carbocycles. The van der Waals surface area contributed by atoms with Crippen LogP contribution in [-0.4, -0.2) is 54.7 Å². The number of urea groups is 1. The molecule has 1 aliphatic heterocycles. The molecule has 1 heterocycles. The summed E-state index contributed by atoms with van der Waals surface area (Å²) in [7, 11) is 0. The summed E-state index contributed by atoms with van der Waals surface area (Å²) in [5.74, 6) is 0. The van der Waals surface area contributed by atoms with E-state index in [1.807, 2.05) is 41.8 Å². The van der Waals surface area contributed by atoms with E-state index < -0.39 is 0 Å². The number of hydrogen-bond acceptors (Lipinski definition) is 2. The third-order valence-electron chi connectivity index (χ3n) is 3.75.